The second-order valence-corrected chi connectivity index (χ2v) is 12.3. The number of ether oxygens (including phenoxy) is 4. The molecule has 0 bridgehead atoms. The summed E-state index contributed by atoms with van der Waals surface area (Å²) in [4.78, 5) is 23.9. The van der Waals surface area contributed by atoms with Crippen molar-refractivity contribution in [3.8, 4) is 11.5 Å². The van der Waals surface area contributed by atoms with E-state index in [1.165, 1.54) is 63.9 Å². The van der Waals surface area contributed by atoms with E-state index in [1.807, 2.05) is 91.0 Å². The Bertz CT molecular complexity index is 1580. The minimum Gasteiger partial charge on any atom is -0.488 e. The maximum atomic E-state index is 12.0. The minimum atomic E-state index is -0.381. The predicted octanol–water partition coefficient (Wildman–Crippen LogP) is 9.40. The average Bonchev–Trinajstić information content (AvgIpc) is 3.03. The topological polar surface area (TPSA) is 71.1 Å². The molecule has 6 rings (SSSR count). The van der Waals surface area contributed by atoms with E-state index in [-0.39, 0.29) is 11.9 Å². The molecule has 0 N–H and O–H groups in total. The maximum absolute atomic E-state index is 12.0. The van der Waals surface area contributed by atoms with Crippen LogP contribution in [0.4, 0.5) is 0 Å². The molecule has 0 unspecified atom stereocenters. The molecule has 0 spiro atoms. The molecule has 0 aliphatic heterocycles. The molecule has 0 amide bonds. The minimum absolute atomic E-state index is 0.358. The van der Waals surface area contributed by atoms with Gasteiger partial charge in [-0.25, -0.2) is 9.59 Å². The van der Waals surface area contributed by atoms with Crippen LogP contribution in [0.1, 0.15) is 93.3 Å². The summed E-state index contributed by atoms with van der Waals surface area (Å²) in [6.45, 7) is 0.871. The molecular weight excluding hydrogens is 632 g/mol. The second kappa shape index (κ2) is 15.8. The third-order valence-corrected chi connectivity index (χ3v) is 9.20. The Labute approximate surface area is 273 Å². The van der Waals surface area contributed by atoms with Crippen molar-refractivity contribution in [2.75, 3.05) is 14.2 Å². The van der Waals surface area contributed by atoms with Gasteiger partial charge in [0.1, 0.15) is 35.8 Å². The SMILES string of the molecule is COC(=O)c1cc(Br)c(C2CCC2)cc1OCc1ccccc1.COC(=O)c1ccc(C2CCC2)cc1OCc1ccccc1. The van der Waals surface area contributed by atoms with E-state index in [0.717, 1.165) is 15.6 Å². The van der Waals surface area contributed by atoms with Crippen molar-refractivity contribution >= 4 is 27.9 Å². The lowest BCUT2D eigenvalue weighted by molar-refractivity contribution is 0.0586. The number of methoxy groups -OCH3 is 2. The van der Waals surface area contributed by atoms with Crippen molar-refractivity contribution in [3.63, 3.8) is 0 Å². The highest BCUT2D eigenvalue weighted by Crippen LogP contribution is 2.42. The van der Waals surface area contributed by atoms with Crippen molar-refractivity contribution in [1.82, 2.24) is 0 Å². The molecule has 2 aliphatic carbocycles. The van der Waals surface area contributed by atoms with Gasteiger partial charge in [0.2, 0.25) is 0 Å². The Morgan fingerprint density at radius 3 is 1.64 bits per heavy atom. The van der Waals surface area contributed by atoms with Crippen molar-refractivity contribution in [2.45, 2.75) is 63.6 Å². The quantitative estimate of drug-likeness (QED) is 0.157. The highest BCUT2D eigenvalue weighted by atomic mass is 79.9. The van der Waals surface area contributed by atoms with Gasteiger partial charge in [-0.15, -0.1) is 0 Å². The summed E-state index contributed by atoms with van der Waals surface area (Å²) in [5, 5.41) is 0. The van der Waals surface area contributed by atoms with Gasteiger partial charge in [0.05, 0.1) is 14.2 Å². The van der Waals surface area contributed by atoms with Crippen molar-refractivity contribution in [1.29, 1.82) is 0 Å². The second-order valence-electron chi connectivity index (χ2n) is 11.4. The summed E-state index contributed by atoms with van der Waals surface area (Å²) in [5.41, 5.74) is 5.55. The van der Waals surface area contributed by atoms with Crippen LogP contribution >= 0.6 is 15.9 Å². The first-order valence-corrected chi connectivity index (χ1v) is 16.2. The number of halogens is 1. The van der Waals surface area contributed by atoms with Gasteiger partial charge in [-0.05, 0) is 84.0 Å². The summed E-state index contributed by atoms with van der Waals surface area (Å²) in [6.07, 6.45) is 7.35. The molecular formula is C38H39BrO6. The number of carbonyl (C=O) groups excluding carboxylic acids is 2. The van der Waals surface area contributed by atoms with Crippen LogP contribution in [0.25, 0.3) is 0 Å². The monoisotopic (exact) mass is 670 g/mol. The van der Waals surface area contributed by atoms with Gasteiger partial charge in [0.15, 0.2) is 0 Å². The van der Waals surface area contributed by atoms with E-state index in [9.17, 15) is 9.59 Å². The Hall–Kier alpha value is -4.10. The molecule has 0 radical (unpaired) electrons. The molecule has 2 aliphatic rings. The van der Waals surface area contributed by atoms with E-state index >= 15 is 0 Å². The number of benzene rings is 4. The number of rotatable bonds is 10. The Morgan fingerprint density at radius 2 is 1.16 bits per heavy atom. The van der Waals surface area contributed by atoms with Crippen molar-refractivity contribution < 1.29 is 28.5 Å². The number of hydrogen-bond acceptors (Lipinski definition) is 6. The van der Waals surface area contributed by atoms with Gasteiger partial charge in [0.25, 0.3) is 0 Å². The first-order chi connectivity index (χ1) is 22.0. The van der Waals surface area contributed by atoms with Crippen LogP contribution in [-0.4, -0.2) is 26.2 Å². The molecule has 234 valence electrons. The normalized spacial score (nSPS) is 14.2. The maximum Gasteiger partial charge on any atom is 0.341 e. The Kier molecular flexibility index (Phi) is 11.3. The number of carbonyl (C=O) groups is 2. The standard InChI is InChI=1S/C19H19BrO3.C19H20O3/c1-22-19(21)16-10-17(20)15(14-8-5-9-14)11-18(16)23-12-13-6-3-2-4-7-13;1-21-19(20)17-11-10-16(15-8-5-9-15)12-18(17)22-13-14-6-3-2-4-7-14/h2-4,6-7,10-11,14H,5,8-9,12H2,1H3;2-4,6-7,10-12,15H,5,8-9,13H2,1H3. The largest absolute Gasteiger partial charge is 0.488 e. The van der Waals surface area contributed by atoms with Gasteiger partial charge >= 0.3 is 11.9 Å². The summed E-state index contributed by atoms with van der Waals surface area (Å²) in [6, 6.07) is 29.5. The summed E-state index contributed by atoms with van der Waals surface area (Å²) in [7, 11) is 2.78. The zero-order valence-electron chi connectivity index (χ0n) is 25.8. The van der Waals surface area contributed by atoms with Crippen LogP contribution < -0.4 is 9.47 Å². The smallest absolute Gasteiger partial charge is 0.341 e. The van der Waals surface area contributed by atoms with E-state index in [0.29, 0.717) is 47.7 Å². The molecule has 4 aromatic carbocycles. The van der Waals surface area contributed by atoms with Crippen LogP contribution in [0.15, 0.2) is 95.5 Å². The molecule has 45 heavy (non-hydrogen) atoms. The van der Waals surface area contributed by atoms with Gasteiger partial charge in [-0.1, -0.05) is 95.5 Å². The zero-order valence-corrected chi connectivity index (χ0v) is 27.4. The molecule has 0 atom stereocenters. The van der Waals surface area contributed by atoms with Crippen LogP contribution in [0.5, 0.6) is 11.5 Å². The third kappa shape index (κ3) is 8.34. The van der Waals surface area contributed by atoms with Crippen LogP contribution in [-0.2, 0) is 22.7 Å². The number of hydrogen-bond donors (Lipinski definition) is 0. The fraction of sp³-hybridized carbons (Fsp3) is 0.316. The Morgan fingerprint density at radius 1 is 0.644 bits per heavy atom. The van der Waals surface area contributed by atoms with E-state index in [4.69, 9.17) is 18.9 Å². The molecule has 2 fully saturated rings. The lowest BCUT2D eigenvalue weighted by atomic mass is 9.80. The van der Waals surface area contributed by atoms with Crippen LogP contribution in [0, 0.1) is 0 Å². The molecule has 2 saturated carbocycles. The zero-order chi connectivity index (χ0) is 31.6. The van der Waals surface area contributed by atoms with E-state index in [1.54, 1.807) is 0 Å². The van der Waals surface area contributed by atoms with E-state index in [2.05, 4.69) is 15.9 Å². The Balaban J connectivity index is 0.000000178. The first-order valence-electron chi connectivity index (χ1n) is 15.4. The predicted molar refractivity (Wildman–Crippen MR) is 178 cm³/mol. The fourth-order valence-corrected chi connectivity index (χ4v) is 6.06. The highest BCUT2D eigenvalue weighted by Gasteiger charge is 2.25. The molecule has 0 heterocycles. The highest BCUT2D eigenvalue weighted by molar-refractivity contribution is 9.10. The third-order valence-electron chi connectivity index (χ3n) is 8.51. The summed E-state index contributed by atoms with van der Waals surface area (Å²) >= 11 is 3.59. The van der Waals surface area contributed by atoms with Crippen molar-refractivity contribution in [2.24, 2.45) is 0 Å². The number of esters is 2. The average molecular weight is 672 g/mol. The summed E-state index contributed by atoms with van der Waals surface area (Å²) in [5.74, 6) is 1.61. The van der Waals surface area contributed by atoms with Gasteiger partial charge < -0.3 is 18.9 Å². The summed E-state index contributed by atoms with van der Waals surface area (Å²) < 4.78 is 22.5. The van der Waals surface area contributed by atoms with E-state index < -0.39 is 0 Å². The van der Waals surface area contributed by atoms with Crippen LogP contribution in [0.3, 0.4) is 0 Å². The fourth-order valence-electron chi connectivity index (χ4n) is 5.39. The lowest BCUT2D eigenvalue weighted by Crippen LogP contribution is -2.12. The molecule has 4 aromatic rings. The first kappa shape index (κ1) is 32.3. The molecule has 7 heteroatoms. The molecule has 6 nitrogen and oxygen atoms in total. The molecule has 0 saturated heterocycles. The van der Waals surface area contributed by atoms with Crippen molar-refractivity contribution in [3.05, 3.63) is 129 Å². The molecule has 0 aromatic heterocycles. The lowest BCUT2D eigenvalue weighted by Gasteiger charge is -2.27. The van der Waals surface area contributed by atoms with Gasteiger partial charge in [-0.3, -0.25) is 0 Å². The van der Waals surface area contributed by atoms with Crippen LogP contribution in [0.2, 0.25) is 0 Å². The van der Waals surface area contributed by atoms with Gasteiger partial charge in [-0.2, -0.15) is 0 Å². The van der Waals surface area contributed by atoms with Gasteiger partial charge in [0, 0.05) is 4.47 Å².